The summed E-state index contributed by atoms with van der Waals surface area (Å²) < 4.78 is 58.4. The van der Waals surface area contributed by atoms with Crippen LogP contribution in [0.1, 0.15) is 140 Å². The second-order valence-electron chi connectivity index (χ2n) is 16.4. The molecule has 340 valence electrons. The Hall–Kier alpha value is -3.69. The summed E-state index contributed by atoms with van der Waals surface area (Å²) in [5, 5.41) is 0. The Labute approximate surface area is 393 Å². The average molecular weight is 901 g/mol. The van der Waals surface area contributed by atoms with E-state index in [9.17, 15) is 17.6 Å². The van der Waals surface area contributed by atoms with Crippen molar-refractivity contribution in [3.05, 3.63) is 153 Å². The van der Waals surface area contributed by atoms with Gasteiger partial charge >= 0.3 is 21.7 Å². The van der Waals surface area contributed by atoms with E-state index in [1.807, 2.05) is 36.8 Å². The zero-order valence-electron chi connectivity index (χ0n) is 39.9. The van der Waals surface area contributed by atoms with E-state index in [1.54, 1.807) is 0 Å². The number of hydrogen-bond acceptors (Lipinski definition) is 2. The van der Waals surface area contributed by atoms with Gasteiger partial charge in [0.25, 0.3) is 0 Å². The van der Waals surface area contributed by atoms with Gasteiger partial charge in [0.2, 0.25) is 0 Å². The van der Waals surface area contributed by atoms with E-state index in [1.165, 1.54) is 97.9 Å². The van der Waals surface area contributed by atoms with E-state index in [4.69, 9.17) is 0 Å². The molecule has 6 rings (SSSR count). The van der Waals surface area contributed by atoms with E-state index >= 15 is 0 Å². The van der Waals surface area contributed by atoms with Crippen molar-refractivity contribution in [1.82, 2.24) is 18.9 Å². The van der Waals surface area contributed by atoms with Crippen molar-refractivity contribution in [3.63, 3.8) is 0 Å². The van der Waals surface area contributed by atoms with Gasteiger partial charge in [0.05, 0.1) is 0 Å². The first-order valence-corrected chi connectivity index (χ1v) is 22.8. The number of benzene rings is 2. The van der Waals surface area contributed by atoms with E-state index in [0.717, 1.165) is 74.9 Å². The Morgan fingerprint density at radius 1 is 0.524 bits per heavy atom. The van der Waals surface area contributed by atoms with E-state index in [2.05, 4.69) is 112 Å². The first kappa shape index (κ1) is 55.4. The Morgan fingerprint density at radius 2 is 0.857 bits per heavy atom. The van der Waals surface area contributed by atoms with Crippen LogP contribution < -0.4 is 0 Å². The molecule has 2 aromatic heterocycles. The topological polar surface area (TPSA) is 16.3 Å². The minimum absolute atomic E-state index is 0. The number of nitrogens with zero attached hydrogens (tertiary/aromatic N) is 4. The minimum atomic E-state index is -0.672. The number of aryl methyl sites for hydroxylation is 2. The van der Waals surface area contributed by atoms with Crippen LogP contribution in [-0.2, 0) is 34.8 Å². The van der Waals surface area contributed by atoms with Crippen LogP contribution in [-0.4, -0.2) is 45.1 Å². The maximum atomic E-state index is 14.2. The molecule has 2 aromatic carbocycles. The maximum Gasteiger partial charge on any atom is 4.00 e. The summed E-state index contributed by atoms with van der Waals surface area (Å²) in [5.74, 6) is -2.65. The van der Waals surface area contributed by atoms with Gasteiger partial charge in [0, 0.05) is 59.1 Å². The molecule has 0 N–H and O–H groups in total. The standard InChI is InChI=1S/2C21H29F2N2.2C6H7.Ti/c2*1-5-7-11-24(12-8-6-2)15-18-13-16(3)25(17(18)4)21-10-9-19(22)14-20(21)23;2*1-6-4-2-3-5-6;/h2*9-10,13H,5-8,11-12,15H2,1-4H3;2*2,4H,3H2,1H3;/q4*-1;+4. The minimum Gasteiger partial charge on any atom is -0.370 e. The summed E-state index contributed by atoms with van der Waals surface area (Å²) in [7, 11) is 0. The van der Waals surface area contributed by atoms with E-state index in [-0.39, 0.29) is 21.7 Å². The molecule has 0 spiro atoms. The summed E-state index contributed by atoms with van der Waals surface area (Å²) in [4.78, 5) is 4.96. The van der Waals surface area contributed by atoms with Gasteiger partial charge in [-0.3, -0.25) is 22.0 Å². The first-order chi connectivity index (χ1) is 29.7. The number of hydrogen-bond donors (Lipinski definition) is 0. The molecule has 4 nitrogen and oxygen atoms in total. The molecule has 2 heterocycles. The molecule has 0 radical (unpaired) electrons. The Bertz CT molecular complexity index is 1920. The summed E-state index contributed by atoms with van der Waals surface area (Å²) in [6, 6.07) is 14.0. The zero-order chi connectivity index (χ0) is 45.6. The molecule has 0 fully saturated rings. The van der Waals surface area contributed by atoms with Crippen molar-refractivity contribution in [2.24, 2.45) is 0 Å². The van der Waals surface area contributed by atoms with Crippen molar-refractivity contribution in [2.45, 2.75) is 147 Å². The molecule has 0 bridgehead atoms. The normalized spacial score (nSPS) is 12.6. The molecule has 0 atom stereocenters. The summed E-state index contributed by atoms with van der Waals surface area (Å²) in [5.41, 5.74) is 9.60. The molecule has 4 aromatic rings. The number of allylic oxidation sites excluding steroid dienone is 8. The molecule has 0 amide bonds. The van der Waals surface area contributed by atoms with Crippen LogP contribution in [0.4, 0.5) is 17.6 Å². The number of unbranched alkanes of at least 4 members (excludes halogenated alkanes) is 4. The van der Waals surface area contributed by atoms with Crippen LogP contribution in [0.25, 0.3) is 11.4 Å². The van der Waals surface area contributed by atoms with Crippen molar-refractivity contribution < 1.29 is 39.3 Å². The van der Waals surface area contributed by atoms with Crippen LogP contribution >= 0.6 is 0 Å². The molecule has 0 aliphatic heterocycles. The summed E-state index contributed by atoms with van der Waals surface area (Å²) >= 11 is 0. The second kappa shape index (κ2) is 29.7. The monoisotopic (exact) mass is 901 g/mol. The number of rotatable bonds is 18. The maximum absolute atomic E-state index is 14.2. The van der Waals surface area contributed by atoms with Gasteiger partial charge in [0.15, 0.2) is 0 Å². The Morgan fingerprint density at radius 3 is 1.10 bits per heavy atom. The van der Waals surface area contributed by atoms with Crippen LogP contribution in [0.15, 0.2) is 71.8 Å². The van der Waals surface area contributed by atoms with Crippen LogP contribution in [0, 0.1) is 75.2 Å². The quantitative estimate of drug-likeness (QED) is 0.0562. The molecular weight excluding hydrogens is 828 g/mol. The SMILES string of the molecule is CC1=[C-]CC=C1.CC1=[C-]CC=C1.CCCCN(CCCC)Cc1cc(C)n(-c2ccc(F)[c-]c2F)c1C.CCCCN(CCCC)Cc1cc(C)n(-c2ccc(F)[c-]c2F)c1C.[Ti+4]. The second-order valence-corrected chi connectivity index (χ2v) is 16.4. The van der Waals surface area contributed by atoms with Gasteiger partial charge in [-0.15, -0.1) is 49.2 Å². The van der Waals surface area contributed by atoms with Gasteiger partial charge < -0.3 is 9.13 Å². The predicted molar refractivity (Wildman–Crippen MR) is 251 cm³/mol. The number of aromatic nitrogens is 2. The third-order valence-electron chi connectivity index (χ3n) is 11.1. The summed E-state index contributed by atoms with van der Waals surface area (Å²) in [6.07, 6.45) is 26.1. The average Bonchev–Trinajstić information content (AvgIpc) is 4.04. The van der Waals surface area contributed by atoms with Gasteiger partial charge in [-0.25, -0.2) is 40.9 Å². The molecule has 9 heteroatoms. The van der Waals surface area contributed by atoms with Crippen molar-refractivity contribution >= 4 is 0 Å². The molecule has 0 saturated heterocycles. The fraction of sp³-hybridized carbons (Fsp3) is 0.481. The van der Waals surface area contributed by atoms with Gasteiger partial charge in [-0.1, -0.05) is 67.2 Å². The van der Waals surface area contributed by atoms with Gasteiger partial charge in [-0.2, -0.15) is 12.2 Å². The molecule has 2 aliphatic rings. The molecular formula is C54H72F4N4Ti. The Kier molecular flexibility index (Phi) is 26.1. The zero-order valence-corrected chi connectivity index (χ0v) is 41.4. The largest absolute Gasteiger partial charge is 4.00 e. The van der Waals surface area contributed by atoms with Gasteiger partial charge in [0.1, 0.15) is 0 Å². The van der Waals surface area contributed by atoms with Crippen molar-refractivity contribution in [3.8, 4) is 11.4 Å². The van der Waals surface area contributed by atoms with Gasteiger partial charge in [-0.05, 0) is 114 Å². The van der Waals surface area contributed by atoms with E-state index in [0.29, 0.717) is 11.4 Å². The molecule has 2 aliphatic carbocycles. The molecule has 0 saturated carbocycles. The van der Waals surface area contributed by atoms with Crippen LogP contribution in [0.3, 0.4) is 0 Å². The number of halogens is 4. The Balaban J connectivity index is 0.000000337. The fourth-order valence-electron chi connectivity index (χ4n) is 7.51. The fourth-order valence-corrected chi connectivity index (χ4v) is 7.51. The molecule has 0 unspecified atom stereocenters. The predicted octanol–water partition coefficient (Wildman–Crippen LogP) is 14.5. The van der Waals surface area contributed by atoms with E-state index < -0.39 is 23.3 Å². The summed E-state index contributed by atoms with van der Waals surface area (Å²) in [6.45, 7) is 26.9. The van der Waals surface area contributed by atoms with Crippen LogP contribution in [0.2, 0.25) is 0 Å². The van der Waals surface area contributed by atoms with Crippen LogP contribution in [0.5, 0.6) is 0 Å². The first-order valence-electron chi connectivity index (χ1n) is 22.8. The van der Waals surface area contributed by atoms with Crippen molar-refractivity contribution in [2.75, 3.05) is 26.2 Å². The third kappa shape index (κ3) is 18.4. The molecule has 63 heavy (non-hydrogen) atoms. The third-order valence-corrected chi connectivity index (χ3v) is 11.1. The van der Waals surface area contributed by atoms with Crippen molar-refractivity contribution in [1.29, 1.82) is 0 Å². The smallest absolute Gasteiger partial charge is 0.370 e.